The molecule has 1 amide bonds. The molecule has 0 radical (unpaired) electrons. The van der Waals surface area contributed by atoms with E-state index in [2.05, 4.69) is 0 Å². The SMILES string of the molecule is COc1cc([C@H]2C(C(C)=O)=C(O)C(=O)N2CC[NH+]2CCOCC2)ccc1O. The maximum Gasteiger partial charge on any atom is 0.290 e. The number of phenols is 1. The smallest absolute Gasteiger partial charge is 0.290 e. The van der Waals surface area contributed by atoms with E-state index in [1.807, 2.05) is 0 Å². The number of aromatic hydroxyl groups is 1. The number of carbonyl (C=O) groups excluding carboxylic acids is 2. The van der Waals surface area contributed by atoms with Crippen molar-refractivity contribution in [2.75, 3.05) is 46.5 Å². The molecule has 3 N–H and O–H groups in total. The maximum absolute atomic E-state index is 12.6. The lowest BCUT2D eigenvalue weighted by Gasteiger charge is -2.30. The third-order valence-corrected chi connectivity index (χ3v) is 5.11. The molecule has 8 nitrogen and oxygen atoms in total. The second-order valence-electron chi connectivity index (χ2n) is 6.76. The first kappa shape index (κ1) is 19.2. The van der Waals surface area contributed by atoms with Gasteiger partial charge in [0.1, 0.15) is 13.1 Å². The zero-order valence-electron chi connectivity index (χ0n) is 15.5. The van der Waals surface area contributed by atoms with Crippen LogP contribution in [0.5, 0.6) is 11.5 Å². The summed E-state index contributed by atoms with van der Waals surface area (Å²) < 4.78 is 10.5. The summed E-state index contributed by atoms with van der Waals surface area (Å²) in [5.41, 5.74) is 0.675. The van der Waals surface area contributed by atoms with Crippen molar-refractivity contribution in [3.63, 3.8) is 0 Å². The van der Waals surface area contributed by atoms with Gasteiger partial charge in [-0.1, -0.05) is 6.07 Å². The Morgan fingerprint density at radius 2 is 2.04 bits per heavy atom. The van der Waals surface area contributed by atoms with Gasteiger partial charge in [-0.2, -0.15) is 0 Å². The molecular weight excluding hydrogens is 352 g/mol. The molecule has 0 bridgehead atoms. The molecule has 1 aromatic rings. The molecule has 1 atom stereocenters. The van der Waals surface area contributed by atoms with Crippen LogP contribution in [0.4, 0.5) is 0 Å². The minimum atomic E-state index is -0.704. The molecule has 8 heteroatoms. The number of morpholine rings is 1. The Balaban J connectivity index is 1.91. The summed E-state index contributed by atoms with van der Waals surface area (Å²) in [5, 5.41) is 20.2. The number of benzene rings is 1. The molecule has 2 aliphatic heterocycles. The van der Waals surface area contributed by atoms with Crippen LogP contribution < -0.4 is 9.64 Å². The van der Waals surface area contributed by atoms with Crippen LogP contribution in [-0.4, -0.2) is 73.3 Å². The zero-order valence-corrected chi connectivity index (χ0v) is 15.5. The molecule has 1 aromatic carbocycles. The number of hydrogen-bond acceptors (Lipinski definition) is 6. The average molecular weight is 377 g/mol. The predicted molar refractivity (Wildman–Crippen MR) is 95.8 cm³/mol. The van der Waals surface area contributed by atoms with Crippen LogP contribution >= 0.6 is 0 Å². The number of nitrogens with one attached hydrogen (secondary N) is 1. The largest absolute Gasteiger partial charge is 0.504 e. The Bertz CT molecular complexity index is 769. The van der Waals surface area contributed by atoms with Crippen molar-refractivity contribution in [1.29, 1.82) is 0 Å². The summed E-state index contributed by atoms with van der Waals surface area (Å²) in [4.78, 5) is 27.6. The third kappa shape index (κ3) is 3.77. The van der Waals surface area contributed by atoms with Crippen LogP contribution in [0.15, 0.2) is 29.5 Å². The molecule has 1 saturated heterocycles. The molecule has 2 aliphatic rings. The van der Waals surface area contributed by atoms with E-state index in [0.717, 1.165) is 13.1 Å². The summed E-state index contributed by atoms with van der Waals surface area (Å²) in [7, 11) is 1.43. The molecule has 146 valence electrons. The quantitative estimate of drug-likeness (QED) is 0.624. The van der Waals surface area contributed by atoms with Crippen molar-refractivity contribution < 1.29 is 34.2 Å². The van der Waals surface area contributed by atoms with Crippen LogP contribution in [0.2, 0.25) is 0 Å². The molecule has 0 saturated carbocycles. The minimum Gasteiger partial charge on any atom is -0.504 e. The van der Waals surface area contributed by atoms with Crippen molar-refractivity contribution in [1.82, 2.24) is 4.90 Å². The van der Waals surface area contributed by atoms with Crippen molar-refractivity contribution >= 4 is 11.7 Å². The number of rotatable bonds is 6. The number of Topliss-reactive ketones (excluding diaryl/α,β-unsaturated/α-hetero) is 1. The molecular formula is C19H25N2O6+. The van der Waals surface area contributed by atoms with Gasteiger partial charge in [0.2, 0.25) is 0 Å². The molecule has 2 heterocycles. The van der Waals surface area contributed by atoms with Gasteiger partial charge in [0.25, 0.3) is 5.91 Å². The van der Waals surface area contributed by atoms with Crippen molar-refractivity contribution in [3.05, 3.63) is 35.1 Å². The van der Waals surface area contributed by atoms with E-state index in [0.29, 0.717) is 31.9 Å². The first-order chi connectivity index (χ1) is 12.9. The standard InChI is InChI=1S/C19H24N2O6/c1-12(22)16-17(13-3-4-14(23)15(11-13)26-2)21(19(25)18(16)24)6-5-20-7-9-27-10-8-20/h3-4,11,17,23-24H,5-10H2,1-2H3/p+1/t17-/m0/s1. The topological polar surface area (TPSA) is 101 Å². The minimum absolute atomic E-state index is 0.0348. The fourth-order valence-electron chi connectivity index (χ4n) is 3.64. The summed E-state index contributed by atoms with van der Waals surface area (Å²) in [6.07, 6.45) is 0. The zero-order chi connectivity index (χ0) is 19.6. The number of nitrogens with zero attached hydrogens (tertiary/aromatic N) is 1. The Morgan fingerprint density at radius 1 is 1.33 bits per heavy atom. The predicted octanol–water partition coefficient (Wildman–Crippen LogP) is -0.400. The van der Waals surface area contributed by atoms with Crippen LogP contribution in [-0.2, 0) is 14.3 Å². The first-order valence-corrected chi connectivity index (χ1v) is 8.97. The fourth-order valence-corrected chi connectivity index (χ4v) is 3.64. The summed E-state index contributed by atoms with van der Waals surface area (Å²) in [5.74, 6) is -1.21. The van der Waals surface area contributed by atoms with Gasteiger partial charge >= 0.3 is 0 Å². The van der Waals surface area contributed by atoms with Crippen LogP contribution in [0.1, 0.15) is 18.5 Å². The van der Waals surface area contributed by atoms with Crippen LogP contribution in [0.3, 0.4) is 0 Å². The molecule has 0 spiro atoms. The molecule has 0 aliphatic carbocycles. The third-order valence-electron chi connectivity index (χ3n) is 5.11. The number of methoxy groups -OCH3 is 1. The second kappa shape index (κ2) is 7.98. The lowest BCUT2D eigenvalue weighted by molar-refractivity contribution is -0.907. The van der Waals surface area contributed by atoms with Gasteiger partial charge in [-0.3, -0.25) is 9.59 Å². The highest BCUT2D eigenvalue weighted by Gasteiger charge is 2.42. The normalized spacial score (nSPS) is 21.0. The van der Waals surface area contributed by atoms with Gasteiger partial charge in [0.15, 0.2) is 23.0 Å². The van der Waals surface area contributed by atoms with Gasteiger partial charge in [0, 0.05) is 0 Å². The number of ketones is 1. The van der Waals surface area contributed by atoms with E-state index in [1.54, 1.807) is 12.1 Å². The van der Waals surface area contributed by atoms with Crippen molar-refractivity contribution in [3.8, 4) is 11.5 Å². The lowest BCUT2D eigenvalue weighted by atomic mass is 9.96. The highest BCUT2D eigenvalue weighted by Crippen LogP contribution is 2.40. The monoisotopic (exact) mass is 377 g/mol. The van der Waals surface area contributed by atoms with Crippen molar-refractivity contribution in [2.24, 2.45) is 0 Å². The lowest BCUT2D eigenvalue weighted by Crippen LogP contribution is -3.14. The number of aliphatic hydroxyl groups excluding tert-OH is 1. The first-order valence-electron chi connectivity index (χ1n) is 8.97. The van der Waals surface area contributed by atoms with E-state index in [1.165, 1.54) is 29.9 Å². The molecule has 27 heavy (non-hydrogen) atoms. The van der Waals surface area contributed by atoms with E-state index >= 15 is 0 Å². The van der Waals surface area contributed by atoms with Gasteiger partial charge in [-0.15, -0.1) is 0 Å². The Morgan fingerprint density at radius 3 is 2.67 bits per heavy atom. The van der Waals surface area contributed by atoms with E-state index in [9.17, 15) is 19.8 Å². The highest BCUT2D eigenvalue weighted by atomic mass is 16.5. The Kier molecular flexibility index (Phi) is 5.67. The Labute approximate surface area is 157 Å². The molecule has 3 rings (SSSR count). The van der Waals surface area contributed by atoms with E-state index in [-0.39, 0.29) is 22.9 Å². The van der Waals surface area contributed by atoms with E-state index in [4.69, 9.17) is 9.47 Å². The number of hydrogen-bond donors (Lipinski definition) is 3. The van der Waals surface area contributed by atoms with Gasteiger partial charge in [-0.25, -0.2) is 0 Å². The Hall–Kier alpha value is -2.58. The fraction of sp³-hybridized carbons (Fsp3) is 0.474. The van der Waals surface area contributed by atoms with Crippen LogP contribution in [0.25, 0.3) is 0 Å². The van der Waals surface area contributed by atoms with Crippen molar-refractivity contribution in [2.45, 2.75) is 13.0 Å². The number of amides is 1. The number of ether oxygens (including phenoxy) is 2. The summed E-state index contributed by atoms with van der Waals surface area (Å²) in [6, 6.07) is 3.97. The van der Waals surface area contributed by atoms with Gasteiger partial charge < -0.3 is 29.5 Å². The average Bonchev–Trinajstić information content (AvgIpc) is 2.92. The highest BCUT2D eigenvalue weighted by molar-refractivity contribution is 6.08. The number of quaternary nitrogens is 1. The van der Waals surface area contributed by atoms with Gasteiger partial charge in [-0.05, 0) is 24.6 Å². The molecule has 1 fully saturated rings. The number of aliphatic hydroxyl groups is 1. The number of carbonyl (C=O) groups is 2. The molecule has 0 aromatic heterocycles. The van der Waals surface area contributed by atoms with Crippen LogP contribution in [0, 0.1) is 0 Å². The van der Waals surface area contributed by atoms with E-state index < -0.39 is 17.7 Å². The number of phenolic OH excluding ortho intramolecular Hbond substituents is 1. The summed E-state index contributed by atoms with van der Waals surface area (Å²) >= 11 is 0. The molecule has 0 unspecified atom stereocenters. The summed E-state index contributed by atoms with van der Waals surface area (Å²) in [6.45, 7) is 5.51. The second-order valence-corrected chi connectivity index (χ2v) is 6.76. The maximum atomic E-state index is 12.6. The van der Waals surface area contributed by atoms with Gasteiger partial charge in [0.05, 0.1) is 45.0 Å².